The smallest absolute Gasteiger partial charge is 0.257 e. The van der Waals surface area contributed by atoms with Gasteiger partial charge in [-0.1, -0.05) is 25.8 Å². The molecule has 0 aromatic heterocycles. The molecule has 138 valence electrons. The largest absolute Gasteiger partial charge is 0.493 e. The van der Waals surface area contributed by atoms with Crippen molar-refractivity contribution >= 4 is 5.91 Å². The molecule has 1 amide bonds. The molecule has 1 heterocycles. The summed E-state index contributed by atoms with van der Waals surface area (Å²) >= 11 is 0. The molecule has 3 rings (SSSR count). The van der Waals surface area contributed by atoms with E-state index in [2.05, 4.69) is 11.8 Å². The molecule has 5 nitrogen and oxygen atoms in total. The summed E-state index contributed by atoms with van der Waals surface area (Å²) in [6.07, 6.45) is 5.32. The van der Waals surface area contributed by atoms with E-state index in [1.54, 1.807) is 14.2 Å². The predicted octanol–water partition coefficient (Wildman–Crippen LogP) is 3.04. The summed E-state index contributed by atoms with van der Waals surface area (Å²) in [6, 6.07) is 6.18. The number of piperazine rings is 1. The molecule has 1 aromatic rings. The van der Waals surface area contributed by atoms with Crippen molar-refractivity contribution in [1.29, 1.82) is 0 Å². The number of methoxy groups -OCH3 is 2. The van der Waals surface area contributed by atoms with Crippen LogP contribution in [0.1, 0.15) is 43.0 Å². The fourth-order valence-corrected chi connectivity index (χ4v) is 4.25. The zero-order valence-corrected chi connectivity index (χ0v) is 15.7. The highest BCUT2D eigenvalue weighted by Crippen LogP contribution is 2.32. The van der Waals surface area contributed by atoms with Gasteiger partial charge in [0, 0.05) is 32.2 Å². The van der Waals surface area contributed by atoms with E-state index in [1.807, 2.05) is 23.1 Å². The SMILES string of the molecule is COc1cccc(C(=O)N2CCN(C3CCCC(C)C3)CC2)c1OC. The third-order valence-electron chi connectivity index (χ3n) is 5.66. The maximum atomic E-state index is 13.0. The molecule has 2 unspecified atom stereocenters. The van der Waals surface area contributed by atoms with Gasteiger partial charge in [0.2, 0.25) is 0 Å². The Morgan fingerprint density at radius 3 is 2.48 bits per heavy atom. The van der Waals surface area contributed by atoms with Crippen LogP contribution < -0.4 is 9.47 Å². The fourth-order valence-electron chi connectivity index (χ4n) is 4.25. The van der Waals surface area contributed by atoms with Crippen molar-refractivity contribution in [3.8, 4) is 11.5 Å². The van der Waals surface area contributed by atoms with Gasteiger partial charge in [-0.3, -0.25) is 9.69 Å². The Hall–Kier alpha value is -1.75. The topological polar surface area (TPSA) is 42.0 Å². The van der Waals surface area contributed by atoms with Crippen LogP contribution in [-0.2, 0) is 0 Å². The number of hydrogen-bond donors (Lipinski definition) is 0. The van der Waals surface area contributed by atoms with Gasteiger partial charge in [0.25, 0.3) is 5.91 Å². The Morgan fingerprint density at radius 1 is 1.08 bits per heavy atom. The van der Waals surface area contributed by atoms with Crippen LogP contribution in [0.2, 0.25) is 0 Å². The first kappa shape index (κ1) is 18.1. The van der Waals surface area contributed by atoms with Gasteiger partial charge in [0.05, 0.1) is 19.8 Å². The molecule has 25 heavy (non-hydrogen) atoms. The van der Waals surface area contributed by atoms with Gasteiger partial charge in [-0.05, 0) is 30.9 Å². The van der Waals surface area contributed by atoms with Crippen molar-refractivity contribution in [3.63, 3.8) is 0 Å². The standard InChI is InChI=1S/C20H30N2O3/c1-15-6-4-7-16(14-15)21-10-12-22(13-11-21)20(23)17-8-5-9-18(24-2)19(17)25-3/h5,8-9,15-16H,4,6-7,10-14H2,1-3H3. The summed E-state index contributed by atoms with van der Waals surface area (Å²) in [4.78, 5) is 17.5. The van der Waals surface area contributed by atoms with Crippen molar-refractivity contribution in [1.82, 2.24) is 9.80 Å². The molecule has 0 bridgehead atoms. The number of carbonyl (C=O) groups excluding carboxylic acids is 1. The Bertz CT molecular complexity index is 597. The first-order valence-corrected chi connectivity index (χ1v) is 9.38. The lowest BCUT2D eigenvalue weighted by Crippen LogP contribution is -2.52. The van der Waals surface area contributed by atoms with Gasteiger partial charge in [-0.15, -0.1) is 0 Å². The van der Waals surface area contributed by atoms with Crippen molar-refractivity contribution in [3.05, 3.63) is 23.8 Å². The summed E-state index contributed by atoms with van der Waals surface area (Å²) < 4.78 is 10.7. The Morgan fingerprint density at radius 2 is 1.84 bits per heavy atom. The third-order valence-corrected chi connectivity index (χ3v) is 5.66. The lowest BCUT2D eigenvalue weighted by atomic mass is 9.86. The highest BCUT2D eigenvalue weighted by atomic mass is 16.5. The second-order valence-corrected chi connectivity index (χ2v) is 7.29. The number of benzene rings is 1. The summed E-state index contributed by atoms with van der Waals surface area (Å²) in [5.74, 6) is 1.99. The molecular weight excluding hydrogens is 316 g/mol. The third kappa shape index (κ3) is 3.92. The van der Waals surface area contributed by atoms with Gasteiger partial charge in [0.15, 0.2) is 11.5 Å². The molecule has 2 fully saturated rings. The summed E-state index contributed by atoms with van der Waals surface area (Å²) in [7, 11) is 3.17. The van der Waals surface area contributed by atoms with Gasteiger partial charge in [0.1, 0.15) is 0 Å². The second kappa shape index (κ2) is 8.09. The minimum atomic E-state index is 0.0346. The monoisotopic (exact) mass is 346 g/mol. The minimum absolute atomic E-state index is 0.0346. The van der Waals surface area contributed by atoms with Crippen LogP contribution in [0, 0.1) is 5.92 Å². The Balaban J connectivity index is 1.64. The van der Waals surface area contributed by atoms with E-state index in [4.69, 9.17) is 9.47 Å². The van der Waals surface area contributed by atoms with Crippen LogP contribution in [0.5, 0.6) is 11.5 Å². The maximum absolute atomic E-state index is 13.0. The summed E-state index contributed by atoms with van der Waals surface area (Å²) in [6.45, 7) is 5.86. The molecule has 0 radical (unpaired) electrons. The lowest BCUT2D eigenvalue weighted by Gasteiger charge is -2.42. The van der Waals surface area contributed by atoms with E-state index in [0.29, 0.717) is 23.1 Å². The zero-order valence-electron chi connectivity index (χ0n) is 15.7. The second-order valence-electron chi connectivity index (χ2n) is 7.29. The van der Waals surface area contributed by atoms with Gasteiger partial charge >= 0.3 is 0 Å². The lowest BCUT2D eigenvalue weighted by molar-refractivity contribution is 0.0486. The molecule has 5 heteroatoms. The first-order valence-electron chi connectivity index (χ1n) is 9.38. The number of para-hydroxylation sites is 1. The summed E-state index contributed by atoms with van der Waals surface area (Å²) in [5, 5.41) is 0. The average Bonchev–Trinajstić information content (AvgIpc) is 2.66. The van der Waals surface area contributed by atoms with Crippen LogP contribution in [0.3, 0.4) is 0 Å². The van der Waals surface area contributed by atoms with E-state index in [0.717, 1.165) is 32.1 Å². The number of nitrogens with zero attached hydrogens (tertiary/aromatic N) is 2. The predicted molar refractivity (Wildman–Crippen MR) is 98.4 cm³/mol. The van der Waals surface area contributed by atoms with Crippen LogP contribution >= 0.6 is 0 Å². The molecule has 1 aromatic carbocycles. The van der Waals surface area contributed by atoms with Crippen LogP contribution in [-0.4, -0.2) is 62.1 Å². The normalized spacial score (nSPS) is 24.8. The van der Waals surface area contributed by atoms with Gasteiger partial charge < -0.3 is 14.4 Å². The fraction of sp³-hybridized carbons (Fsp3) is 0.650. The summed E-state index contributed by atoms with van der Waals surface area (Å²) in [5.41, 5.74) is 0.585. The number of hydrogen-bond acceptors (Lipinski definition) is 4. The van der Waals surface area contributed by atoms with Crippen LogP contribution in [0.4, 0.5) is 0 Å². The number of carbonyl (C=O) groups is 1. The maximum Gasteiger partial charge on any atom is 0.257 e. The van der Waals surface area contributed by atoms with E-state index in [1.165, 1.54) is 25.7 Å². The van der Waals surface area contributed by atoms with Crippen molar-refractivity contribution in [2.45, 2.75) is 38.6 Å². The molecule has 0 spiro atoms. The molecule has 1 aliphatic heterocycles. The zero-order chi connectivity index (χ0) is 17.8. The van der Waals surface area contributed by atoms with Gasteiger partial charge in [-0.2, -0.15) is 0 Å². The quantitative estimate of drug-likeness (QED) is 0.840. The molecule has 1 aliphatic carbocycles. The van der Waals surface area contributed by atoms with E-state index >= 15 is 0 Å². The van der Waals surface area contributed by atoms with Gasteiger partial charge in [-0.25, -0.2) is 0 Å². The first-order chi connectivity index (χ1) is 12.1. The van der Waals surface area contributed by atoms with E-state index in [9.17, 15) is 4.79 Å². The van der Waals surface area contributed by atoms with Crippen molar-refractivity contribution in [2.75, 3.05) is 40.4 Å². The Labute approximate surface area is 150 Å². The average molecular weight is 346 g/mol. The van der Waals surface area contributed by atoms with Crippen LogP contribution in [0.25, 0.3) is 0 Å². The number of amides is 1. The van der Waals surface area contributed by atoms with E-state index in [-0.39, 0.29) is 5.91 Å². The molecular formula is C20H30N2O3. The number of ether oxygens (including phenoxy) is 2. The van der Waals surface area contributed by atoms with Crippen LogP contribution in [0.15, 0.2) is 18.2 Å². The molecule has 2 atom stereocenters. The Kier molecular flexibility index (Phi) is 5.84. The molecule has 0 N–H and O–H groups in total. The van der Waals surface area contributed by atoms with Crippen molar-refractivity contribution in [2.24, 2.45) is 5.92 Å². The highest BCUT2D eigenvalue weighted by molar-refractivity contribution is 5.97. The molecule has 1 saturated heterocycles. The molecule has 2 aliphatic rings. The highest BCUT2D eigenvalue weighted by Gasteiger charge is 2.30. The minimum Gasteiger partial charge on any atom is -0.493 e. The van der Waals surface area contributed by atoms with Crippen molar-refractivity contribution < 1.29 is 14.3 Å². The molecule has 1 saturated carbocycles. The van der Waals surface area contributed by atoms with E-state index < -0.39 is 0 Å². The number of rotatable bonds is 4.